The minimum Gasteiger partial charge on any atom is -0.293 e. The normalized spacial score (nSPS) is 15.4. The molecule has 2 aromatic rings. The molecule has 4 nitrogen and oxygen atoms in total. The SMILES string of the molecule is O=C(CNS(=O)(=O)C1CC1)c1cccc2ccccc12. The molecule has 0 atom stereocenters. The summed E-state index contributed by atoms with van der Waals surface area (Å²) in [6.45, 7) is -0.174. The maximum absolute atomic E-state index is 12.2. The third-order valence-electron chi connectivity index (χ3n) is 3.49. The number of rotatable bonds is 5. The van der Waals surface area contributed by atoms with Gasteiger partial charge >= 0.3 is 0 Å². The molecule has 1 aliphatic carbocycles. The molecule has 104 valence electrons. The van der Waals surface area contributed by atoms with Crippen LogP contribution in [0, 0.1) is 0 Å². The van der Waals surface area contributed by atoms with Crippen LogP contribution in [0.3, 0.4) is 0 Å². The number of benzene rings is 2. The first-order valence-corrected chi connectivity index (χ1v) is 8.12. The highest BCUT2D eigenvalue weighted by molar-refractivity contribution is 7.90. The first-order valence-electron chi connectivity index (χ1n) is 6.57. The molecule has 2 aromatic carbocycles. The van der Waals surface area contributed by atoms with Gasteiger partial charge in [0.15, 0.2) is 5.78 Å². The van der Waals surface area contributed by atoms with E-state index in [0.29, 0.717) is 18.4 Å². The van der Waals surface area contributed by atoms with Crippen molar-refractivity contribution < 1.29 is 13.2 Å². The van der Waals surface area contributed by atoms with E-state index in [9.17, 15) is 13.2 Å². The minimum absolute atomic E-state index is 0.174. The Hall–Kier alpha value is -1.72. The molecule has 1 saturated carbocycles. The summed E-state index contributed by atoms with van der Waals surface area (Å²) >= 11 is 0. The summed E-state index contributed by atoms with van der Waals surface area (Å²) in [5.74, 6) is -0.203. The predicted octanol–water partition coefficient (Wildman–Crippen LogP) is 2.10. The highest BCUT2D eigenvalue weighted by atomic mass is 32.2. The van der Waals surface area contributed by atoms with E-state index in [4.69, 9.17) is 0 Å². The fraction of sp³-hybridized carbons (Fsp3) is 0.267. The molecule has 20 heavy (non-hydrogen) atoms. The van der Waals surface area contributed by atoms with Crippen LogP contribution in [0.25, 0.3) is 10.8 Å². The van der Waals surface area contributed by atoms with Crippen molar-refractivity contribution in [2.45, 2.75) is 18.1 Å². The molecular weight excluding hydrogens is 274 g/mol. The van der Waals surface area contributed by atoms with E-state index in [1.165, 1.54) is 0 Å². The number of nitrogens with one attached hydrogen (secondary N) is 1. The molecule has 1 N–H and O–H groups in total. The molecule has 0 aliphatic heterocycles. The lowest BCUT2D eigenvalue weighted by Gasteiger charge is -2.07. The second kappa shape index (κ2) is 5.00. The van der Waals surface area contributed by atoms with E-state index in [1.54, 1.807) is 6.07 Å². The van der Waals surface area contributed by atoms with Gasteiger partial charge in [0.25, 0.3) is 0 Å². The van der Waals surface area contributed by atoms with Crippen molar-refractivity contribution in [1.82, 2.24) is 4.72 Å². The lowest BCUT2D eigenvalue weighted by Crippen LogP contribution is -2.32. The largest absolute Gasteiger partial charge is 0.293 e. The number of carbonyl (C=O) groups excluding carboxylic acids is 1. The van der Waals surface area contributed by atoms with Crippen LogP contribution in [0.15, 0.2) is 42.5 Å². The Labute approximate surface area is 117 Å². The second-order valence-corrected chi connectivity index (χ2v) is 7.06. The zero-order chi connectivity index (χ0) is 14.2. The third-order valence-corrected chi connectivity index (χ3v) is 5.38. The third kappa shape index (κ3) is 2.59. The number of Topliss-reactive ketones (excluding diaryl/α,β-unsaturated/α-hetero) is 1. The molecule has 1 fully saturated rings. The summed E-state index contributed by atoms with van der Waals surface area (Å²) in [6.07, 6.45) is 1.38. The van der Waals surface area contributed by atoms with Crippen LogP contribution in [0.4, 0.5) is 0 Å². The van der Waals surface area contributed by atoms with E-state index in [2.05, 4.69) is 4.72 Å². The van der Waals surface area contributed by atoms with Crippen LogP contribution in [0.5, 0.6) is 0 Å². The van der Waals surface area contributed by atoms with E-state index >= 15 is 0 Å². The quantitative estimate of drug-likeness (QED) is 0.857. The fourth-order valence-electron chi connectivity index (χ4n) is 2.23. The molecular formula is C15H15NO3S. The maximum Gasteiger partial charge on any atom is 0.214 e. The number of sulfonamides is 1. The fourth-order valence-corrected chi connectivity index (χ4v) is 3.55. The summed E-state index contributed by atoms with van der Waals surface area (Å²) in [5, 5.41) is 1.52. The Morgan fingerprint density at radius 2 is 1.80 bits per heavy atom. The molecule has 0 unspecified atom stereocenters. The lowest BCUT2D eigenvalue weighted by atomic mass is 10.0. The van der Waals surface area contributed by atoms with Gasteiger partial charge in [-0.3, -0.25) is 4.79 Å². The van der Waals surface area contributed by atoms with Crippen molar-refractivity contribution in [2.75, 3.05) is 6.54 Å². The molecule has 3 rings (SSSR count). The van der Waals surface area contributed by atoms with Crippen molar-refractivity contribution in [3.63, 3.8) is 0 Å². The maximum atomic E-state index is 12.2. The topological polar surface area (TPSA) is 63.2 Å². The van der Waals surface area contributed by atoms with Gasteiger partial charge in [-0.15, -0.1) is 0 Å². The first-order chi connectivity index (χ1) is 9.58. The minimum atomic E-state index is -3.31. The number of hydrogen-bond acceptors (Lipinski definition) is 3. The monoisotopic (exact) mass is 289 g/mol. The predicted molar refractivity (Wildman–Crippen MR) is 78.2 cm³/mol. The Morgan fingerprint density at radius 1 is 1.10 bits per heavy atom. The number of carbonyl (C=O) groups is 1. The van der Waals surface area contributed by atoms with Crippen LogP contribution >= 0.6 is 0 Å². The van der Waals surface area contributed by atoms with Gasteiger partial charge < -0.3 is 0 Å². The van der Waals surface area contributed by atoms with E-state index in [-0.39, 0.29) is 17.6 Å². The highest BCUT2D eigenvalue weighted by Crippen LogP contribution is 2.27. The zero-order valence-corrected chi connectivity index (χ0v) is 11.7. The van der Waals surface area contributed by atoms with Crippen molar-refractivity contribution >= 4 is 26.6 Å². The average Bonchev–Trinajstić information content (AvgIpc) is 3.29. The van der Waals surface area contributed by atoms with Gasteiger partial charge in [-0.05, 0) is 23.6 Å². The average molecular weight is 289 g/mol. The Bertz CT molecular complexity index is 758. The number of hydrogen-bond donors (Lipinski definition) is 1. The molecule has 5 heteroatoms. The van der Waals surface area contributed by atoms with E-state index in [0.717, 1.165) is 10.8 Å². The van der Waals surface area contributed by atoms with Gasteiger partial charge in [0.1, 0.15) is 0 Å². The Balaban J connectivity index is 1.82. The van der Waals surface area contributed by atoms with Gasteiger partial charge in [-0.1, -0.05) is 42.5 Å². The van der Waals surface area contributed by atoms with Crippen molar-refractivity contribution in [3.05, 3.63) is 48.0 Å². The summed E-state index contributed by atoms with van der Waals surface area (Å²) in [4.78, 5) is 12.2. The molecule has 0 spiro atoms. The summed E-state index contributed by atoms with van der Waals surface area (Å²) in [7, 11) is -3.31. The molecule has 0 heterocycles. The Morgan fingerprint density at radius 3 is 2.55 bits per heavy atom. The van der Waals surface area contributed by atoms with E-state index < -0.39 is 10.0 Å². The summed E-state index contributed by atoms with van der Waals surface area (Å²) in [5.41, 5.74) is 0.557. The van der Waals surface area contributed by atoms with Gasteiger partial charge in [0, 0.05) is 5.56 Å². The van der Waals surface area contributed by atoms with Gasteiger partial charge in [0.2, 0.25) is 10.0 Å². The van der Waals surface area contributed by atoms with Gasteiger partial charge in [0.05, 0.1) is 11.8 Å². The van der Waals surface area contributed by atoms with Crippen LogP contribution in [0.2, 0.25) is 0 Å². The highest BCUT2D eigenvalue weighted by Gasteiger charge is 2.35. The molecule has 1 aliphatic rings. The van der Waals surface area contributed by atoms with Crippen LogP contribution in [0.1, 0.15) is 23.2 Å². The molecule has 0 bridgehead atoms. The molecule has 0 aromatic heterocycles. The molecule has 0 radical (unpaired) electrons. The standard InChI is InChI=1S/C15H15NO3S/c17-15(10-16-20(18,19)12-8-9-12)14-7-3-5-11-4-1-2-6-13(11)14/h1-7,12,16H,8-10H2. The van der Waals surface area contributed by atoms with Gasteiger partial charge in [-0.2, -0.15) is 0 Å². The first kappa shape index (κ1) is 13.3. The van der Waals surface area contributed by atoms with Crippen molar-refractivity contribution in [1.29, 1.82) is 0 Å². The van der Waals surface area contributed by atoms with E-state index in [1.807, 2.05) is 36.4 Å². The smallest absolute Gasteiger partial charge is 0.214 e. The zero-order valence-electron chi connectivity index (χ0n) is 10.9. The summed E-state index contributed by atoms with van der Waals surface area (Å²) < 4.78 is 25.9. The number of fused-ring (bicyclic) bond motifs is 1. The second-order valence-electron chi connectivity index (χ2n) is 5.02. The summed E-state index contributed by atoms with van der Waals surface area (Å²) in [6, 6.07) is 13.1. The van der Waals surface area contributed by atoms with Crippen LogP contribution in [-0.4, -0.2) is 26.0 Å². The van der Waals surface area contributed by atoms with Crippen LogP contribution in [-0.2, 0) is 10.0 Å². The number of ketones is 1. The van der Waals surface area contributed by atoms with Crippen LogP contribution < -0.4 is 4.72 Å². The molecule has 0 amide bonds. The van der Waals surface area contributed by atoms with Gasteiger partial charge in [-0.25, -0.2) is 13.1 Å². The molecule has 0 saturated heterocycles. The van der Waals surface area contributed by atoms with Crippen molar-refractivity contribution in [2.24, 2.45) is 0 Å². The lowest BCUT2D eigenvalue weighted by molar-refractivity contribution is 0.0998. The Kier molecular flexibility index (Phi) is 3.31. The van der Waals surface area contributed by atoms with Crippen molar-refractivity contribution in [3.8, 4) is 0 Å².